The average Bonchev–Trinajstić information content (AvgIpc) is 3.32. The van der Waals surface area contributed by atoms with Crippen LogP contribution in [-0.4, -0.2) is 33.3 Å². The zero-order chi connectivity index (χ0) is 20.4. The fourth-order valence-corrected chi connectivity index (χ4v) is 3.55. The number of rotatable bonds is 6. The summed E-state index contributed by atoms with van der Waals surface area (Å²) in [5.74, 6) is 7.21. The molecule has 2 heterocycles. The molecule has 150 valence electrons. The smallest absolute Gasteiger partial charge is 0.231 e. The average molecular weight is 415 g/mol. The Kier molecular flexibility index (Phi) is 5.26. The number of fused-ring (bicyclic) bond motifs is 1. The summed E-state index contributed by atoms with van der Waals surface area (Å²) >= 11 is 1.15. The number of nitrogen functional groups attached to an aromatic ring is 1. The van der Waals surface area contributed by atoms with Gasteiger partial charge in [-0.1, -0.05) is 30.0 Å². The molecule has 10 heteroatoms. The molecule has 0 aliphatic carbocycles. The van der Waals surface area contributed by atoms with Gasteiger partial charge < -0.3 is 20.6 Å². The number of aromatic nitrogens is 3. The molecule has 4 rings (SSSR count). The van der Waals surface area contributed by atoms with E-state index in [1.807, 2.05) is 25.1 Å². The molecule has 1 aromatic heterocycles. The summed E-state index contributed by atoms with van der Waals surface area (Å²) in [6, 6.07) is 11.2. The number of thioether (sulfide) groups is 1. The first kappa shape index (κ1) is 19.1. The van der Waals surface area contributed by atoms with E-state index in [0.717, 1.165) is 17.3 Å². The predicted molar refractivity (Wildman–Crippen MR) is 105 cm³/mol. The van der Waals surface area contributed by atoms with Crippen LogP contribution in [0.5, 0.6) is 11.5 Å². The Balaban J connectivity index is 1.36. The van der Waals surface area contributed by atoms with Crippen molar-refractivity contribution in [1.29, 1.82) is 0 Å². The van der Waals surface area contributed by atoms with Crippen molar-refractivity contribution < 1.29 is 18.7 Å². The van der Waals surface area contributed by atoms with Crippen LogP contribution in [0.1, 0.15) is 18.5 Å². The zero-order valence-corrected chi connectivity index (χ0v) is 16.3. The lowest BCUT2D eigenvalue weighted by Gasteiger charge is -2.14. The normalized spacial score (nSPS) is 13.3. The van der Waals surface area contributed by atoms with E-state index in [9.17, 15) is 9.18 Å². The first-order chi connectivity index (χ1) is 14.0. The molecule has 0 saturated heterocycles. The lowest BCUT2D eigenvalue weighted by molar-refractivity contribution is -0.119. The van der Waals surface area contributed by atoms with Crippen molar-refractivity contribution in [2.45, 2.75) is 18.1 Å². The number of halogens is 1. The quantitative estimate of drug-likeness (QED) is 0.471. The highest BCUT2D eigenvalue weighted by atomic mass is 32.2. The van der Waals surface area contributed by atoms with Gasteiger partial charge in [0.05, 0.1) is 11.8 Å². The molecule has 1 aliphatic heterocycles. The first-order valence-electron chi connectivity index (χ1n) is 8.79. The molecule has 8 nitrogen and oxygen atoms in total. The van der Waals surface area contributed by atoms with Crippen LogP contribution in [0.25, 0.3) is 11.4 Å². The van der Waals surface area contributed by atoms with Crippen LogP contribution in [0.4, 0.5) is 4.39 Å². The fraction of sp³-hybridized carbons (Fsp3) is 0.211. The molecule has 3 N–H and O–H groups in total. The number of amides is 1. The number of nitrogens with one attached hydrogen (secondary N) is 1. The Morgan fingerprint density at radius 3 is 2.93 bits per heavy atom. The largest absolute Gasteiger partial charge is 0.454 e. The van der Waals surface area contributed by atoms with Crippen LogP contribution in [0.2, 0.25) is 0 Å². The molecule has 2 aromatic carbocycles. The number of hydrogen-bond donors (Lipinski definition) is 2. The lowest BCUT2D eigenvalue weighted by Crippen LogP contribution is -2.28. The number of ether oxygens (including phenoxy) is 2. The van der Waals surface area contributed by atoms with E-state index in [1.165, 1.54) is 16.8 Å². The molecular weight excluding hydrogens is 397 g/mol. The van der Waals surface area contributed by atoms with E-state index in [2.05, 4.69) is 15.5 Å². The summed E-state index contributed by atoms with van der Waals surface area (Å²) in [5, 5.41) is 11.3. The summed E-state index contributed by atoms with van der Waals surface area (Å²) < 4.78 is 25.3. The van der Waals surface area contributed by atoms with Gasteiger partial charge in [0, 0.05) is 5.56 Å². The van der Waals surface area contributed by atoms with Crippen molar-refractivity contribution in [2.24, 2.45) is 0 Å². The van der Waals surface area contributed by atoms with Crippen molar-refractivity contribution in [2.75, 3.05) is 18.4 Å². The van der Waals surface area contributed by atoms with Gasteiger partial charge in [-0.05, 0) is 36.8 Å². The van der Waals surface area contributed by atoms with E-state index in [-0.39, 0.29) is 24.5 Å². The van der Waals surface area contributed by atoms with Gasteiger partial charge in [-0.3, -0.25) is 4.79 Å². The van der Waals surface area contributed by atoms with E-state index >= 15 is 0 Å². The van der Waals surface area contributed by atoms with Crippen LogP contribution in [0.15, 0.2) is 47.6 Å². The van der Waals surface area contributed by atoms with Gasteiger partial charge >= 0.3 is 0 Å². The Morgan fingerprint density at radius 1 is 1.28 bits per heavy atom. The number of nitrogens with two attached hydrogens (primary N) is 1. The van der Waals surface area contributed by atoms with Crippen LogP contribution >= 0.6 is 11.8 Å². The Bertz CT molecular complexity index is 1060. The molecule has 1 amide bonds. The Morgan fingerprint density at radius 2 is 2.10 bits per heavy atom. The summed E-state index contributed by atoms with van der Waals surface area (Å²) in [7, 11) is 0. The maximum Gasteiger partial charge on any atom is 0.231 e. The Hall–Kier alpha value is -3.27. The van der Waals surface area contributed by atoms with Gasteiger partial charge in [0.25, 0.3) is 0 Å². The molecule has 0 fully saturated rings. The number of nitrogens with zero attached hydrogens (tertiary/aromatic N) is 3. The maximum atomic E-state index is 13.4. The number of carbonyl (C=O) groups excluding carboxylic acids is 1. The SMILES string of the molecule is C[C@H](NC(=O)CSc1nnc(-c2cccc(F)c2)n1N)c1ccc2c(c1)OCO2. The highest BCUT2D eigenvalue weighted by molar-refractivity contribution is 7.99. The third-order valence-electron chi connectivity index (χ3n) is 4.35. The number of hydrogen-bond acceptors (Lipinski definition) is 7. The molecule has 1 aliphatic rings. The summed E-state index contributed by atoms with van der Waals surface area (Å²) in [4.78, 5) is 12.3. The summed E-state index contributed by atoms with van der Waals surface area (Å²) in [5.41, 5.74) is 1.41. The van der Waals surface area contributed by atoms with Crippen LogP contribution in [0.3, 0.4) is 0 Å². The van der Waals surface area contributed by atoms with Crippen molar-refractivity contribution >= 4 is 17.7 Å². The second-order valence-electron chi connectivity index (χ2n) is 6.38. The third-order valence-corrected chi connectivity index (χ3v) is 5.30. The molecular formula is C19H18FN5O3S. The topological polar surface area (TPSA) is 104 Å². The molecule has 29 heavy (non-hydrogen) atoms. The number of benzene rings is 2. The standard InChI is InChI=1S/C19H18FN5O3S/c1-11(12-5-6-15-16(8-12)28-10-27-15)22-17(26)9-29-19-24-23-18(25(19)21)13-3-2-4-14(20)7-13/h2-8,11H,9-10,21H2,1H3,(H,22,26)/t11-/m0/s1. The summed E-state index contributed by atoms with van der Waals surface area (Å²) in [6.07, 6.45) is 0. The van der Waals surface area contributed by atoms with E-state index in [4.69, 9.17) is 15.3 Å². The minimum Gasteiger partial charge on any atom is -0.454 e. The molecule has 1 atom stereocenters. The third kappa shape index (κ3) is 4.11. The van der Waals surface area contributed by atoms with Gasteiger partial charge in [0.15, 0.2) is 17.3 Å². The highest BCUT2D eigenvalue weighted by Crippen LogP contribution is 2.34. The zero-order valence-electron chi connectivity index (χ0n) is 15.5. The molecule has 0 radical (unpaired) electrons. The van der Waals surface area contributed by atoms with Gasteiger partial charge in [-0.2, -0.15) is 0 Å². The number of carbonyl (C=O) groups is 1. The molecule has 0 saturated carbocycles. The minimum atomic E-state index is -0.392. The molecule has 0 bridgehead atoms. The maximum absolute atomic E-state index is 13.4. The molecule has 3 aromatic rings. The van der Waals surface area contributed by atoms with Crippen molar-refractivity contribution in [3.63, 3.8) is 0 Å². The van der Waals surface area contributed by atoms with Crippen molar-refractivity contribution in [3.8, 4) is 22.9 Å². The predicted octanol–water partition coefficient (Wildman–Crippen LogP) is 2.50. The van der Waals surface area contributed by atoms with Crippen molar-refractivity contribution in [1.82, 2.24) is 20.2 Å². The Labute approximate surface area is 170 Å². The van der Waals surface area contributed by atoms with Crippen molar-refractivity contribution in [3.05, 3.63) is 53.8 Å². The van der Waals surface area contributed by atoms with Crippen LogP contribution < -0.4 is 20.6 Å². The van der Waals surface area contributed by atoms with Gasteiger partial charge in [0.1, 0.15) is 5.82 Å². The van der Waals surface area contributed by atoms with E-state index < -0.39 is 5.82 Å². The minimum absolute atomic E-state index is 0.105. The van der Waals surface area contributed by atoms with Gasteiger partial charge in [-0.15, -0.1) is 10.2 Å². The first-order valence-corrected chi connectivity index (χ1v) is 9.78. The summed E-state index contributed by atoms with van der Waals surface area (Å²) in [6.45, 7) is 2.08. The van der Waals surface area contributed by atoms with Gasteiger partial charge in [-0.25, -0.2) is 9.07 Å². The molecule has 0 unspecified atom stereocenters. The van der Waals surface area contributed by atoms with Crippen LogP contribution in [-0.2, 0) is 4.79 Å². The van der Waals surface area contributed by atoms with Crippen LogP contribution in [0, 0.1) is 5.82 Å². The second kappa shape index (κ2) is 8.00. The monoisotopic (exact) mass is 415 g/mol. The van der Waals surface area contributed by atoms with E-state index in [0.29, 0.717) is 28.0 Å². The molecule has 0 spiro atoms. The highest BCUT2D eigenvalue weighted by Gasteiger charge is 2.18. The lowest BCUT2D eigenvalue weighted by atomic mass is 10.1. The fourth-order valence-electron chi connectivity index (χ4n) is 2.88. The van der Waals surface area contributed by atoms with E-state index in [1.54, 1.807) is 12.1 Å². The van der Waals surface area contributed by atoms with Gasteiger partial charge in [0.2, 0.25) is 17.9 Å². The second-order valence-corrected chi connectivity index (χ2v) is 7.32.